The molecule has 3 fully saturated rings. The van der Waals surface area contributed by atoms with E-state index in [0.29, 0.717) is 24.2 Å². The van der Waals surface area contributed by atoms with E-state index >= 15 is 0 Å². The largest absolute Gasteiger partial charge is 0.490 e. The third kappa shape index (κ3) is 6.55. The molecule has 1 aromatic carbocycles. The van der Waals surface area contributed by atoms with Crippen molar-refractivity contribution in [2.75, 3.05) is 6.61 Å². The molecular weight excluding hydrogens is 420 g/mol. The highest BCUT2D eigenvalue weighted by Crippen LogP contribution is 2.50. The van der Waals surface area contributed by atoms with Crippen molar-refractivity contribution in [3.63, 3.8) is 0 Å². The molecule has 0 bridgehead atoms. The molecule has 34 heavy (non-hydrogen) atoms. The maximum absolute atomic E-state index is 13.2. The summed E-state index contributed by atoms with van der Waals surface area (Å²) in [5.74, 6) is 5.44. The van der Waals surface area contributed by atoms with E-state index < -0.39 is 0 Å². The van der Waals surface area contributed by atoms with E-state index in [2.05, 4.69) is 12.7 Å². The summed E-state index contributed by atoms with van der Waals surface area (Å²) in [5, 5.41) is 0. The number of rotatable bonds is 9. The summed E-state index contributed by atoms with van der Waals surface area (Å²) in [6.45, 7) is 6.42. The molecule has 0 spiro atoms. The Hall–Kier alpha value is -2.03. The van der Waals surface area contributed by atoms with Crippen molar-refractivity contribution in [1.82, 2.24) is 0 Å². The van der Waals surface area contributed by atoms with E-state index in [9.17, 15) is 4.79 Å². The molecule has 3 nitrogen and oxygen atoms in total. The normalized spacial score (nSPS) is 31.6. The zero-order valence-electron chi connectivity index (χ0n) is 21.1. The molecule has 0 amide bonds. The number of ether oxygens (including phenoxy) is 2. The van der Waals surface area contributed by atoms with Gasteiger partial charge in [-0.3, -0.25) is 4.79 Å². The summed E-state index contributed by atoms with van der Waals surface area (Å²) in [5.41, 5.74) is 0. The van der Waals surface area contributed by atoms with E-state index in [4.69, 9.17) is 9.47 Å². The van der Waals surface area contributed by atoms with Gasteiger partial charge >= 0.3 is 5.97 Å². The quantitative estimate of drug-likeness (QED) is 0.210. The number of fused-ring (bicyclic) bond motifs is 1. The van der Waals surface area contributed by atoms with Crippen LogP contribution in [0.5, 0.6) is 11.5 Å². The van der Waals surface area contributed by atoms with Crippen LogP contribution in [0.1, 0.15) is 84.0 Å². The smallest absolute Gasteiger partial charge is 0.314 e. The fraction of sp³-hybridized carbons (Fsp3) is 0.645. The summed E-state index contributed by atoms with van der Waals surface area (Å²) < 4.78 is 11.5. The summed E-state index contributed by atoms with van der Waals surface area (Å²) in [4.78, 5) is 13.2. The molecule has 4 atom stereocenters. The van der Waals surface area contributed by atoms with Crippen molar-refractivity contribution < 1.29 is 14.3 Å². The first kappa shape index (κ1) is 25.1. The van der Waals surface area contributed by atoms with Crippen molar-refractivity contribution in [2.24, 2.45) is 35.5 Å². The Kier molecular flexibility index (Phi) is 9.30. The van der Waals surface area contributed by atoms with Crippen LogP contribution in [0, 0.1) is 35.5 Å². The zero-order valence-corrected chi connectivity index (χ0v) is 21.1. The van der Waals surface area contributed by atoms with Gasteiger partial charge in [0.05, 0.1) is 5.92 Å². The van der Waals surface area contributed by atoms with Crippen LogP contribution in [-0.2, 0) is 4.79 Å². The van der Waals surface area contributed by atoms with Crippen LogP contribution in [0.4, 0.5) is 0 Å². The summed E-state index contributed by atoms with van der Waals surface area (Å²) in [6, 6.07) is 7.47. The van der Waals surface area contributed by atoms with Gasteiger partial charge in [0.2, 0.25) is 0 Å². The third-order valence-electron chi connectivity index (χ3n) is 8.95. The lowest BCUT2D eigenvalue weighted by molar-refractivity contribution is -0.144. The van der Waals surface area contributed by atoms with Gasteiger partial charge in [-0.2, -0.15) is 0 Å². The molecule has 0 N–H and O–H groups in total. The number of carbonyl (C=O) groups is 1. The summed E-state index contributed by atoms with van der Waals surface area (Å²) >= 11 is 0. The molecular formula is C31H44O3. The monoisotopic (exact) mass is 464 g/mol. The number of hydrogen-bond donors (Lipinski definition) is 0. The minimum Gasteiger partial charge on any atom is -0.490 e. The van der Waals surface area contributed by atoms with Crippen LogP contribution in [0.25, 0.3) is 0 Å². The minimum absolute atomic E-state index is 0.0153. The van der Waals surface area contributed by atoms with E-state index in [1.807, 2.05) is 43.3 Å². The van der Waals surface area contributed by atoms with Gasteiger partial charge in [-0.15, -0.1) is 6.58 Å². The molecule has 3 heteroatoms. The Morgan fingerprint density at radius 2 is 1.68 bits per heavy atom. The van der Waals surface area contributed by atoms with Crippen molar-refractivity contribution in [2.45, 2.75) is 84.0 Å². The van der Waals surface area contributed by atoms with Gasteiger partial charge in [0.25, 0.3) is 0 Å². The van der Waals surface area contributed by atoms with Crippen LogP contribution in [0.15, 0.2) is 49.1 Å². The van der Waals surface area contributed by atoms with Gasteiger partial charge in [0.1, 0.15) is 18.1 Å². The topological polar surface area (TPSA) is 35.5 Å². The van der Waals surface area contributed by atoms with Gasteiger partial charge in [0, 0.05) is 0 Å². The lowest BCUT2D eigenvalue weighted by Crippen LogP contribution is -2.40. The fourth-order valence-electron chi connectivity index (χ4n) is 7.06. The Labute approximate surface area is 207 Å². The van der Waals surface area contributed by atoms with Crippen molar-refractivity contribution in [1.29, 1.82) is 0 Å². The minimum atomic E-state index is -0.0153. The lowest BCUT2D eigenvalue weighted by Gasteiger charge is -2.46. The molecule has 0 radical (unpaired) electrons. The Bertz CT molecular complexity index is 802. The summed E-state index contributed by atoms with van der Waals surface area (Å²) in [7, 11) is 0. The van der Waals surface area contributed by atoms with Crippen molar-refractivity contribution in [3.8, 4) is 11.5 Å². The van der Waals surface area contributed by atoms with E-state index in [-0.39, 0.29) is 11.9 Å². The predicted molar refractivity (Wildman–Crippen MR) is 139 cm³/mol. The van der Waals surface area contributed by atoms with Gasteiger partial charge in [-0.25, -0.2) is 0 Å². The number of esters is 1. The molecule has 0 aliphatic heterocycles. The number of hydrogen-bond acceptors (Lipinski definition) is 3. The fourth-order valence-corrected chi connectivity index (χ4v) is 7.06. The van der Waals surface area contributed by atoms with Gasteiger partial charge in [-0.1, -0.05) is 43.9 Å². The molecule has 186 valence electrons. The van der Waals surface area contributed by atoms with Gasteiger partial charge < -0.3 is 9.47 Å². The Morgan fingerprint density at radius 1 is 0.941 bits per heavy atom. The second-order valence-electron chi connectivity index (χ2n) is 11.0. The second kappa shape index (κ2) is 12.6. The molecule has 4 unspecified atom stereocenters. The van der Waals surface area contributed by atoms with E-state index in [0.717, 1.165) is 29.9 Å². The maximum atomic E-state index is 13.2. The number of benzene rings is 1. The molecule has 4 rings (SSSR count). The van der Waals surface area contributed by atoms with Crippen LogP contribution in [0.2, 0.25) is 0 Å². The Balaban J connectivity index is 1.27. The van der Waals surface area contributed by atoms with Crippen LogP contribution in [0.3, 0.4) is 0 Å². The van der Waals surface area contributed by atoms with Crippen LogP contribution >= 0.6 is 0 Å². The molecule has 0 aromatic heterocycles. The molecule has 3 saturated carbocycles. The average Bonchev–Trinajstić information content (AvgIpc) is 2.88. The molecule has 0 saturated heterocycles. The molecule has 3 aliphatic rings. The first-order valence-corrected chi connectivity index (χ1v) is 13.8. The molecule has 3 aliphatic carbocycles. The van der Waals surface area contributed by atoms with Crippen LogP contribution in [-0.4, -0.2) is 12.6 Å². The highest BCUT2D eigenvalue weighted by molar-refractivity contribution is 5.75. The second-order valence-corrected chi connectivity index (χ2v) is 11.0. The standard InChI is InChI=1S/C31H44O3/c1-3-5-8-23-11-13-24(14-12-23)25-15-20-29-26(22-25)9-7-10-30(29)31(32)34-28-18-16-27(17-19-28)33-21-6-4-2/h3-4,6,16-19,23-26,29-30H,1,5,7-15,20-22H2,2H3/b6-4+. The number of carbonyl (C=O) groups excluding carboxylic acids is 1. The van der Waals surface area contributed by atoms with E-state index in [1.165, 1.54) is 70.6 Å². The van der Waals surface area contributed by atoms with Gasteiger partial charge in [0.15, 0.2) is 0 Å². The SMILES string of the molecule is C=CCCC1CCC(C2CCC3C(CCCC3C(=O)Oc3ccc(OC/C=C/C)cc3)C2)CC1. The van der Waals surface area contributed by atoms with Crippen molar-refractivity contribution >= 4 is 5.97 Å². The first-order chi connectivity index (χ1) is 16.7. The highest BCUT2D eigenvalue weighted by atomic mass is 16.5. The average molecular weight is 465 g/mol. The van der Waals surface area contributed by atoms with Gasteiger partial charge in [-0.05, 0) is 112 Å². The first-order valence-electron chi connectivity index (χ1n) is 13.8. The van der Waals surface area contributed by atoms with E-state index in [1.54, 1.807) is 0 Å². The maximum Gasteiger partial charge on any atom is 0.314 e. The number of allylic oxidation sites excluding steroid dienone is 2. The molecule has 1 aromatic rings. The highest BCUT2D eigenvalue weighted by Gasteiger charge is 2.43. The van der Waals surface area contributed by atoms with Crippen LogP contribution < -0.4 is 9.47 Å². The predicted octanol–water partition coefficient (Wildman–Crippen LogP) is 8.15. The van der Waals surface area contributed by atoms with Crippen molar-refractivity contribution in [3.05, 3.63) is 49.1 Å². The Morgan fingerprint density at radius 3 is 2.41 bits per heavy atom. The zero-order chi connectivity index (χ0) is 23.8. The lowest BCUT2D eigenvalue weighted by atomic mass is 9.59. The summed E-state index contributed by atoms with van der Waals surface area (Å²) in [6.07, 6.45) is 21.5. The third-order valence-corrected chi connectivity index (χ3v) is 8.95. The molecule has 0 heterocycles.